The van der Waals surface area contributed by atoms with Crippen LogP contribution in [0, 0.1) is 19.7 Å². The van der Waals surface area contributed by atoms with Crippen LogP contribution in [0.15, 0.2) is 59.5 Å². The second-order valence-corrected chi connectivity index (χ2v) is 6.70. The Balaban J connectivity index is 1.70. The Kier molecular flexibility index (Phi) is 4.36. The van der Waals surface area contributed by atoms with Gasteiger partial charge in [0.15, 0.2) is 0 Å². The van der Waals surface area contributed by atoms with Crippen LogP contribution in [0.2, 0.25) is 0 Å². The van der Waals surface area contributed by atoms with Crippen molar-refractivity contribution in [2.75, 3.05) is 0 Å². The first-order chi connectivity index (χ1) is 13.0. The molecule has 0 saturated heterocycles. The van der Waals surface area contributed by atoms with Gasteiger partial charge in [-0.15, -0.1) is 0 Å². The minimum atomic E-state index is -0.250. The number of rotatable bonds is 4. The van der Waals surface area contributed by atoms with E-state index < -0.39 is 0 Å². The molecule has 0 aliphatic carbocycles. The van der Waals surface area contributed by atoms with E-state index in [2.05, 4.69) is 14.5 Å². The lowest BCUT2D eigenvalue weighted by atomic mass is 10.1. The van der Waals surface area contributed by atoms with Gasteiger partial charge >= 0.3 is 0 Å². The van der Waals surface area contributed by atoms with Crippen LogP contribution in [0.1, 0.15) is 17.1 Å². The summed E-state index contributed by atoms with van der Waals surface area (Å²) in [4.78, 5) is 19.8. The number of hydrogen-bond donors (Lipinski definition) is 1. The summed E-state index contributed by atoms with van der Waals surface area (Å²) < 4.78 is 15.5. The Hall–Kier alpha value is -3.21. The second kappa shape index (κ2) is 6.83. The third-order valence-electron chi connectivity index (χ3n) is 5.03. The molecule has 0 saturated carbocycles. The number of fused-ring (bicyclic) bond motifs is 1. The van der Waals surface area contributed by atoms with E-state index >= 15 is 0 Å². The van der Waals surface area contributed by atoms with Crippen LogP contribution in [0.5, 0.6) is 0 Å². The van der Waals surface area contributed by atoms with Crippen LogP contribution in [-0.4, -0.2) is 14.5 Å². The molecular formula is C22H20FN3O. The molecule has 4 rings (SSSR count). The lowest BCUT2D eigenvalue weighted by Crippen LogP contribution is -2.21. The zero-order valence-electron chi connectivity index (χ0n) is 15.3. The molecule has 2 aromatic heterocycles. The monoisotopic (exact) mass is 361 g/mol. The van der Waals surface area contributed by atoms with Crippen molar-refractivity contribution in [3.8, 4) is 11.1 Å². The molecule has 0 unspecified atom stereocenters. The first-order valence-corrected chi connectivity index (χ1v) is 8.93. The zero-order valence-corrected chi connectivity index (χ0v) is 15.3. The highest BCUT2D eigenvalue weighted by Crippen LogP contribution is 2.22. The molecule has 0 atom stereocenters. The van der Waals surface area contributed by atoms with Crippen molar-refractivity contribution in [2.45, 2.75) is 26.8 Å². The summed E-state index contributed by atoms with van der Waals surface area (Å²) in [6.07, 6.45) is 2.68. The van der Waals surface area contributed by atoms with Gasteiger partial charge in [0.25, 0.3) is 5.56 Å². The highest BCUT2D eigenvalue weighted by Gasteiger charge is 2.14. The van der Waals surface area contributed by atoms with Gasteiger partial charge in [0.1, 0.15) is 11.6 Å². The summed E-state index contributed by atoms with van der Waals surface area (Å²) in [7, 11) is 0. The SMILES string of the molecule is Cc1nc(=O)c(-c2ccccc2)c(C)n1CCc1c[nH]c2cc(F)ccc12. The molecule has 4 nitrogen and oxygen atoms in total. The molecule has 2 heterocycles. The van der Waals surface area contributed by atoms with Crippen LogP contribution in [0.4, 0.5) is 4.39 Å². The summed E-state index contributed by atoms with van der Waals surface area (Å²) in [6.45, 7) is 4.51. The summed E-state index contributed by atoms with van der Waals surface area (Å²) in [5, 5.41) is 1.02. The number of aryl methyl sites for hydroxylation is 2. The number of nitrogens with one attached hydrogen (secondary N) is 1. The Morgan fingerprint density at radius 3 is 2.67 bits per heavy atom. The van der Waals surface area contributed by atoms with E-state index in [1.807, 2.05) is 50.4 Å². The molecule has 4 aromatic rings. The lowest BCUT2D eigenvalue weighted by molar-refractivity contribution is 0.629. The van der Waals surface area contributed by atoms with E-state index in [9.17, 15) is 9.18 Å². The number of nitrogens with zero attached hydrogens (tertiary/aromatic N) is 2. The molecule has 2 aromatic carbocycles. The number of halogens is 1. The summed E-state index contributed by atoms with van der Waals surface area (Å²) in [5.74, 6) is 0.447. The van der Waals surface area contributed by atoms with Gasteiger partial charge in [0, 0.05) is 29.3 Å². The van der Waals surface area contributed by atoms with E-state index in [0.717, 1.165) is 34.1 Å². The average Bonchev–Trinajstić information content (AvgIpc) is 3.04. The first kappa shape index (κ1) is 17.2. The zero-order chi connectivity index (χ0) is 19.0. The smallest absolute Gasteiger partial charge is 0.281 e. The fraction of sp³-hybridized carbons (Fsp3) is 0.182. The molecule has 27 heavy (non-hydrogen) atoms. The van der Waals surface area contributed by atoms with Crippen LogP contribution in [0.25, 0.3) is 22.0 Å². The Morgan fingerprint density at radius 1 is 1.11 bits per heavy atom. The molecule has 0 aliphatic rings. The van der Waals surface area contributed by atoms with E-state index in [1.165, 1.54) is 12.1 Å². The summed E-state index contributed by atoms with van der Waals surface area (Å²) in [5.41, 5.74) is 4.14. The van der Waals surface area contributed by atoms with Crippen molar-refractivity contribution in [1.82, 2.24) is 14.5 Å². The third-order valence-corrected chi connectivity index (χ3v) is 5.03. The fourth-order valence-corrected chi connectivity index (χ4v) is 3.66. The van der Waals surface area contributed by atoms with Gasteiger partial charge in [-0.25, -0.2) is 4.39 Å². The minimum absolute atomic E-state index is 0.199. The number of hydrogen-bond acceptors (Lipinski definition) is 2. The van der Waals surface area contributed by atoms with Crippen molar-refractivity contribution in [3.63, 3.8) is 0 Å². The van der Waals surface area contributed by atoms with Crippen molar-refractivity contribution in [1.29, 1.82) is 0 Å². The number of H-pyrrole nitrogens is 1. The molecule has 136 valence electrons. The fourth-order valence-electron chi connectivity index (χ4n) is 3.66. The van der Waals surface area contributed by atoms with Gasteiger partial charge in [-0.3, -0.25) is 4.79 Å². The lowest BCUT2D eigenvalue weighted by Gasteiger charge is -2.16. The Morgan fingerprint density at radius 2 is 1.89 bits per heavy atom. The quantitative estimate of drug-likeness (QED) is 0.586. The van der Waals surface area contributed by atoms with Gasteiger partial charge in [-0.2, -0.15) is 4.98 Å². The molecule has 0 fully saturated rings. The van der Waals surface area contributed by atoms with Crippen molar-refractivity contribution in [3.05, 3.63) is 88.0 Å². The van der Waals surface area contributed by atoms with Gasteiger partial charge in [0.05, 0.1) is 5.56 Å². The molecule has 0 radical (unpaired) electrons. The molecule has 1 N–H and O–H groups in total. The van der Waals surface area contributed by atoms with Gasteiger partial charge in [-0.05, 0) is 49.6 Å². The van der Waals surface area contributed by atoms with Gasteiger partial charge in [-0.1, -0.05) is 30.3 Å². The molecule has 5 heteroatoms. The highest BCUT2D eigenvalue weighted by molar-refractivity contribution is 5.83. The molecule has 0 spiro atoms. The van der Waals surface area contributed by atoms with Gasteiger partial charge in [0.2, 0.25) is 0 Å². The van der Waals surface area contributed by atoms with Gasteiger partial charge < -0.3 is 9.55 Å². The van der Waals surface area contributed by atoms with Crippen molar-refractivity contribution in [2.24, 2.45) is 0 Å². The van der Waals surface area contributed by atoms with Crippen LogP contribution < -0.4 is 5.56 Å². The molecule has 0 bridgehead atoms. The number of benzene rings is 2. The first-order valence-electron chi connectivity index (χ1n) is 8.93. The van der Waals surface area contributed by atoms with Crippen LogP contribution in [0.3, 0.4) is 0 Å². The molecule has 0 aliphatic heterocycles. The number of aromatic amines is 1. The van der Waals surface area contributed by atoms with E-state index in [-0.39, 0.29) is 11.4 Å². The molecule has 0 amide bonds. The minimum Gasteiger partial charge on any atom is -0.361 e. The van der Waals surface area contributed by atoms with E-state index in [4.69, 9.17) is 0 Å². The van der Waals surface area contributed by atoms with Crippen molar-refractivity contribution < 1.29 is 4.39 Å². The average molecular weight is 361 g/mol. The van der Waals surface area contributed by atoms with Crippen LogP contribution >= 0.6 is 0 Å². The maximum absolute atomic E-state index is 13.4. The normalized spacial score (nSPS) is 11.2. The third kappa shape index (κ3) is 3.16. The summed E-state index contributed by atoms with van der Waals surface area (Å²) in [6, 6.07) is 14.4. The predicted octanol–water partition coefficient (Wildman–Crippen LogP) is 4.39. The standard InChI is InChI=1S/C22H20FN3O/c1-14-21(16-6-4-3-5-7-16)22(27)25-15(2)26(14)11-10-17-13-24-20-12-18(23)8-9-19(17)20/h3-9,12-13,24H,10-11H2,1-2H3. The Bertz CT molecular complexity index is 1180. The second-order valence-electron chi connectivity index (χ2n) is 6.70. The number of aromatic nitrogens is 3. The Labute approximate surface area is 156 Å². The maximum Gasteiger partial charge on any atom is 0.281 e. The highest BCUT2D eigenvalue weighted by atomic mass is 19.1. The maximum atomic E-state index is 13.4. The van der Waals surface area contributed by atoms with Crippen molar-refractivity contribution >= 4 is 10.9 Å². The van der Waals surface area contributed by atoms with E-state index in [1.54, 1.807) is 6.07 Å². The largest absolute Gasteiger partial charge is 0.361 e. The predicted molar refractivity (Wildman–Crippen MR) is 105 cm³/mol. The van der Waals surface area contributed by atoms with E-state index in [0.29, 0.717) is 17.9 Å². The van der Waals surface area contributed by atoms with Crippen LogP contribution in [-0.2, 0) is 13.0 Å². The molecular weight excluding hydrogens is 341 g/mol. The summed E-state index contributed by atoms with van der Waals surface area (Å²) >= 11 is 0. The topological polar surface area (TPSA) is 50.7 Å².